The number of hydrogen-bond donors (Lipinski definition) is 1. The van der Waals surface area contributed by atoms with Gasteiger partial charge in [-0.1, -0.05) is 34.1 Å². The number of sulfone groups is 1. The van der Waals surface area contributed by atoms with Gasteiger partial charge < -0.3 is 5.32 Å². The number of benzene rings is 1. The van der Waals surface area contributed by atoms with Gasteiger partial charge in [-0.25, -0.2) is 8.42 Å². The Morgan fingerprint density at radius 3 is 2.35 bits per heavy atom. The van der Waals surface area contributed by atoms with Crippen molar-refractivity contribution in [2.24, 2.45) is 0 Å². The average Bonchev–Trinajstić information content (AvgIpc) is 2.34. The maximum Gasteiger partial charge on any atom is 0.155 e. The minimum Gasteiger partial charge on any atom is -0.319 e. The van der Waals surface area contributed by atoms with Crippen molar-refractivity contribution < 1.29 is 8.42 Å². The first-order valence-corrected chi connectivity index (χ1v) is 9.25. The summed E-state index contributed by atoms with van der Waals surface area (Å²) in [6.07, 6.45) is 0.628. The predicted molar refractivity (Wildman–Crippen MR) is 89.0 cm³/mol. The lowest BCUT2D eigenvalue weighted by Gasteiger charge is -2.23. The Morgan fingerprint density at radius 1 is 1.25 bits per heavy atom. The van der Waals surface area contributed by atoms with Crippen molar-refractivity contribution in [2.45, 2.75) is 37.9 Å². The molecule has 1 N–H and O–H groups in total. The smallest absolute Gasteiger partial charge is 0.155 e. The summed E-state index contributed by atoms with van der Waals surface area (Å²) in [5.74, 6) is 0.400. The highest BCUT2D eigenvalue weighted by molar-refractivity contribution is 9.10. The molecule has 0 bridgehead atoms. The normalized spacial score (nSPS) is 14.2. The van der Waals surface area contributed by atoms with E-state index in [1.165, 1.54) is 0 Å². The van der Waals surface area contributed by atoms with Gasteiger partial charge in [-0.15, -0.1) is 0 Å². The molecule has 1 unspecified atom stereocenters. The van der Waals surface area contributed by atoms with Crippen molar-refractivity contribution in [3.05, 3.63) is 34.3 Å². The fourth-order valence-electron chi connectivity index (χ4n) is 2.02. The highest BCUT2D eigenvalue weighted by atomic mass is 79.9. The highest BCUT2D eigenvalue weighted by Gasteiger charge is 2.29. The fraction of sp³-hybridized carbons (Fsp3) is 0.600. The van der Waals surface area contributed by atoms with Crippen LogP contribution in [0.1, 0.15) is 38.7 Å². The van der Waals surface area contributed by atoms with Crippen molar-refractivity contribution in [1.29, 1.82) is 0 Å². The summed E-state index contributed by atoms with van der Waals surface area (Å²) in [5.41, 5.74) is 1.16. The van der Waals surface area contributed by atoms with E-state index in [2.05, 4.69) is 27.3 Å². The first-order valence-electron chi connectivity index (χ1n) is 6.80. The summed E-state index contributed by atoms with van der Waals surface area (Å²) in [4.78, 5) is 0. The van der Waals surface area contributed by atoms with Crippen LogP contribution in [0, 0.1) is 0 Å². The molecule has 0 saturated carbocycles. The van der Waals surface area contributed by atoms with Crippen LogP contribution in [0.3, 0.4) is 0 Å². The van der Waals surface area contributed by atoms with E-state index in [1.54, 1.807) is 20.8 Å². The van der Waals surface area contributed by atoms with Gasteiger partial charge in [-0.2, -0.15) is 0 Å². The lowest BCUT2D eigenvalue weighted by Crippen LogP contribution is -2.31. The lowest BCUT2D eigenvalue weighted by molar-refractivity contribution is 0.545. The van der Waals surface area contributed by atoms with Gasteiger partial charge in [-0.3, -0.25) is 0 Å². The highest BCUT2D eigenvalue weighted by Crippen LogP contribution is 2.28. The Bertz CT molecular complexity index is 535. The van der Waals surface area contributed by atoms with Crippen LogP contribution in [0.2, 0.25) is 0 Å². The van der Waals surface area contributed by atoms with Crippen LogP contribution in [0.4, 0.5) is 0 Å². The summed E-state index contributed by atoms with van der Waals surface area (Å²) < 4.78 is 24.8. The molecular weight excluding hydrogens is 338 g/mol. The van der Waals surface area contributed by atoms with E-state index in [0.29, 0.717) is 6.42 Å². The first kappa shape index (κ1) is 17.7. The number of rotatable bonds is 6. The van der Waals surface area contributed by atoms with Gasteiger partial charge in [0.15, 0.2) is 9.84 Å². The third-order valence-corrected chi connectivity index (χ3v) is 6.82. The molecule has 0 heterocycles. The van der Waals surface area contributed by atoms with Crippen molar-refractivity contribution in [3.8, 4) is 0 Å². The molecule has 0 amide bonds. The Morgan fingerprint density at radius 2 is 1.85 bits per heavy atom. The molecule has 114 valence electrons. The minimum atomic E-state index is -3.08. The fourth-order valence-corrected chi connectivity index (χ4v) is 3.84. The number of halogens is 1. The second kappa shape index (κ2) is 7.05. The number of hydrogen-bond acceptors (Lipinski definition) is 3. The summed E-state index contributed by atoms with van der Waals surface area (Å²) >= 11 is 3.55. The molecule has 1 aromatic rings. The monoisotopic (exact) mass is 361 g/mol. The zero-order valence-electron chi connectivity index (χ0n) is 12.6. The van der Waals surface area contributed by atoms with Crippen LogP contribution in [-0.2, 0) is 9.84 Å². The van der Waals surface area contributed by atoms with Gasteiger partial charge in [0.1, 0.15) is 0 Å². The van der Waals surface area contributed by atoms with Crippen molar-refractivity contribution in [1.82, 2.24) is 5.32 Å². The quantitative estimate of drug-likeness (QED) is 0.844. The zero-order valence-corrected chi connectivity index (χ0v) is 15.0. The Kier molecular flexibility index (Phi) is 6.23. The molecule has 20 heavy (non-hydrogen) atoms. The van der Waals surface area contributed by atoms with E-state index in [1.807, 2.05) is 25.2 Å². The largest absolute Gasteiger partial charge is 0.319 e. The maximum absolute atomic E-state index is 12.2. The Labute approximate surface area is 131 Å². The van der Waals surface area contributed by atoms with Gasteiger partial charge in [0, 0.05) is 11.0 Å². The molecule has 1 atom stereocenters. The zero-order chi connectivity index (χ0) is 15.4. The van der Waals surface area contributed by atoms with E-state index in [-0.39, 0.29) is 11.7 Å². The maximum atomic E-state index is 12.2. The van der Waals surface area contributed by atoms with Gasteiger partial charge in [0.2, 0.25) is 0 Å². The van der Waals surface area contributed by atoms with Crippen LogP contribution in [0.5, 0.6) is 0 Å². The Hall–Kier alpha value is -0.390. The molecule has 3 nitrogen and oxygen atoms in total. The average molecular weight is 362 g/mol. The number of nitrogens with one attached hydrogen (secondary N) is 1. The van der Waals surface area contributed by atoms with E-state index in [4.69, 9.17) is 0 Å². The summed E-state index contributed by atoms with van der Waals surface area (Å²) in [6.45, 7) is 6.04. The topological polar surface area (TPSA) is 46.2 Å². The van der Waals surface area contributed by atoms with E-state index < -0.39 is 14.6 Å². The molecule has 0 spiro atoms. The number of likely N-dealkylation sites (N-methyl/N-ethyl adjacent to an activating group) is 1. The van der Waals surface area contributed by atoms with Gasteiger partial charge in [0.05, 0.1) is 10.5 Å². The lowest BCUT2D eigenvalue weighted by atomic mass is 9.96. The van der Waals surface area contributed by atoms with Crippen molar-refractivity contribution in [2.75, 3.05) is 19.3 Å². The molecule has 5 heteroatoms. The Balaban J connectivity index is 2.88. The molecular formula is C15H24BrNO2S. The van der Waals surface area contributed by atoms with Crippen LogP contribution < -0.4 is 5.32 Å². The first-order chi connectivity index (χ1) is 9.19. The molecule has 0 saturated heterocycles. The molecule has 1 rings (SSSR count). The summed E-state index contributed by atoms with van der Waals surface area (Å²) in [6, 6.07) is 8.00. The summed E-state index contributed by atoms with van der Waals surface area (Å²) in [5, 5.41) is 3.15. The van der Waals surface area contributed by atoms with Crippen LogP contribution in [0.15, 0.2) is 28.7 Å². The van der Waals surface area contributed by atoms with Gasteiger partial charge in [0.25, 0.3) is 0 Å². The van der Waals surface area contributed by atoms with Gasteiger partial charge >= 0.3 is 0 Å². The molecule has 0 aliphatic heterocycles. The molecule has 0 aromatic heterocycles. The van der Waals surface area contributed by atoms with Crippen molar-refractivity contribution >= 4 is 25.8 Å². The van der Waals surface area contributed by atoms with Crippen molar-refractivity contribution in [3.63, 3.8) is 0 Å². The van der Waals surface area contributed by atoms with Crippen LogP contribution in [-0.4, -0.2) is 32.5 Å². The van der Waals surface area contributed by atoms with Crippen LogP contribution >= 0.6 is 15.9 Å². The van der Waals surface area contributed by atoms with Crippen LogP contribution in [0.25, 0.3) is 0 Å². The molecule has 0 radical (unpaired) electrons. The van der Waals surface area contributed by atoms with E-state index in [9.17, 15) is 8.42 Å². The molecule has 1 aromatic carbocycles. The van der Waals surface area contributed by atoms with E-state index in [0.717, 1.165) is 16.6 Å². The molecule has 0 fully saturated rings. The van der Waals surface area contributed by atoms with Gasteiger partial charge in [-0.05, 0) is 51.8 Å². The SMILES string of the molecule is CNCC(CCS(=O)(=O)C(C)(C)C)c1ccccc1Br. The molecule has 0 aliphatic carbocycles. The molecule has 0 aliphatic rings. The third-order valence-electron chi connectivity index (χ3n) is 3.46. The second-order valence-corrected chi connectivity index (χ2v) is 9.71. The standard InChI is InChI=1S/C15H24BrNO2S/c1-15(2,3)20(18,19)10-9-12(11-17-4)13-7-5-6-8-14(13)16/h5-8,12,17H,9-11H2,1-4H3. The third kappa shape index (κ3) is 4.57. The minimum absolute atomic E-state index is 0.188. The summed E-state index contributed by atoms with van der Waals surface area (Å²) in [7, 11) is -1.18. The second-order valence-electron chi connectivity index (χ2n) is 6.00. The van der Waals surface area contributed by atoms with E-state index >= 15 is 0 Å². The predicted octanol–water partition coefficient (Wildman–Crippen LogP) is 3.36.